The molecule has 0 aliphatic heterocycles. The molecule has 0 spiro atoms. The lowest BCUT2D eigenvalue weighted by Crippen LogP contribution is -2.43. The molecule has 0 fully saturated rings. The van der Waals surface area contributed by atoms with Crippen LogP contribution >= 0.6 is 31.9 Å². The van der Waals surface area contributed by atoms with Gasteiger partial charge in [0.05, 0.1) is 0 Å². The van der Waals surface area contributed by atoms with Crippen LogP contribution < -0.4 is 0 Å². The van der Waals surface area contributed by atoms with Crippen molar-refractivity contribution in [1.29, 1.82) is 0 Å². The molecular formula is C28H44Br2Si2. The molecule has 4 heteroatoms. The quantitative estimate of drug-likeness (QED) is 0.226. The van der Waals surface area contributed by atoms with E-state index in [9.17, 15) is 0 Å². The van der Waals surface area contributed by atoms with Crippen LogP contribution in [0.5, 0.6) is 0 Å². The fourth-order valence-corrected chi connectivity index (χ4v) is 17.3. The lowest BCUT2D eigenvalue weighted by atomic mass is 10.1. The third kappa shape index (κ3) is 6.04. The van der Waals surface area contributed by atoms with Crippen LogP contribution in [0.15, 0.2) is 21.1 Å². The van der Waals surface area contributed by atoms with Gasteiger partial charge in [-0.15, -0.1) is 11.1 Å². The first-order chi connectivity index (χ1) is 14.6. The zero-order valence-electron chi connectivity index (χ0n) is 22.4. The second-order valence-corrected chi connectivity index (χ2v) is 24.0. The smallest absolute Gasteiger partial charge is 0.125 e. The molecule has 32 heavy (non-hydrogen) atoms. The Kier molecular flexibility index (Phi) is 11.1. The Labute approximate surface area is 218 Å². The average Bonchev–Trinajstić information content (AvgIpc) is 2.64. The van der Waals surface area contributed by atoms with Gasteiger partial charge in [0.15, 0.2) is 0 Å². The lowest BCUT2D eigenvalue weighted by molar-refractivity contribution is 0.838. The van der Waals surface area contributed by atoms with Gasteiger partial charge in [-0.1, -0.05) is 94.9 Å². The van der Waals surface area contributed by atoms with Gasteiger partial charge in [-0.05, 0) is 77.2 Å². The summed E-state index contributed by atoms with van der Waals surface area (Å²) in [7, 11) is -3.52. The van der Waals surface area contributed by atoms with Gasteiger partial charge in [-0.3, -0.25) is 0 Å². The third-order valence-electron chi connectivity index (χ3n) is 7.62. The van der Waals surface area contributed by atoms with Crippen LogP contribution in [0.3, 0.4) is 0 Å². The molecule has 0 saturated heterocycles. The summed E-state index contributed by atoms with van der Waals surface area (Å²) in [6, 6.07) is 4.31. The fraction of sp³-hybridized carbons (Fsp3) is 0.643. The second-order valence-electron chi connectivity index (χ2n) is 11.1. The monoisotopic (exact) mass is 594 g/mol. The van der Waals surface area contributed by atoms with E-state index < -0.39 is 16.1 Å². The van der Waals surface area contributed by atoms with Gasteiger partial charge in [0.1, 0.15) is 16.1 Å². The average molecular weight is 597 g/mol. The van der Waals surface area contributed by atoms with E-state index in [0.29, 0.717) is 33.2 Å². The van der Waals surface area contributed by atoms with Gasteiger partial charge in [0.2, 0.25) is 0 Å². The van der Waals surface area contributed by atoms with E-state index in [-0.39, 0.29) is 0 Å². The van der Waals surface area contributed by atoms with Crippen molar-refractivity contribution in [1.82, 2.24) is 0 Å². The molecule has 178 valence electrons. The molecule has 0 aromatic heterocycles. The number of hydrogen-bond donors (Lipinski definition) is 0. The molecule has 1 rings (SSSR count). The molecule has 0 nitrogen and oxygen atoms in total. The van der Waals surface area contributed by atoms with Crippen molar-refractivity contribution in [3.8, 4) is 22.9 Å². The Morgan fingerprint density at radius 2 is 0.719 bits per heavy atom. The molecular weight excluding hydrogens is 552 g/mol. The van der Waals surface area contributed by atoms with Gasteiger partial charge in [-0.25, -0.2) is 0 Å². The molecule has 0 amide bonds. The molecule has 0 aliphatic carbocycles. The maximum atomic E-state index is 3.85. The van der Waals surface area contributed by atoms with E-state index in [0.717, 1.165) is 20.1 Å². The summed E-state index contributed by atoms with van der Waals surface area (Å²) in [6.45, 7) is 28.3. The van der Waals surface area contributed by atoms with Gasteiger partial charge in [0, 0.05) is 20.1 Å². The van der Waals surface area contributed by atoms with Crippen LogP contribution in [-0.2, 0) is 0 Å². The SMILES string of the molecule is CC(C)[Si](C#Cc1cc(Br)c(C#C[Si](C(C)C)(C(C)C)C(C)C)cc1Br)(C(C)C)C(C)C. The summed E-state index contributed by atoms with van der Waals surface area (Å²) in [4.78, 5) is 0. The van der Waals surface area contributed by atoms with E-state index in [1.54, 1.807) is 0 Å². The first-order valence-electron chi connectivity index (χ1n) is 12.2. The topological polar surface area (TPSA) is 0 Å². The van der Waals surface area contributed by atoms with Gasteiger partial charge in [0.25, 0.3) is 0 Å². The molecule has 0 heterocycles. The largest absolute Gasteiger partial charge is 0.146 e. The molecule has 0 aliphatic rings. The highest BCUT2D eigenvalue weighted by molar-refractivity contribution is 9.11. The normalized spacial score (nSPS) is 12.6. The summed E-state index contributed by atoms with van der Waals surface area (Å²) in [6.07, 6.45) is 0. The summed E-state index contributed by atoms with van der Waals surface area (Å²) >= 11 is 7.61. The molecule has 0 bridgehead atoms. The minimum Gasteiger partial charge on any atom is -0.125 e. The zero-order chi connectivity index (χ0) is 25.0. The zero-order valence-corrected chi connectivity index (χ0v) is 27.5. The van der Waals surface area contributed by atoms with E-state index in [2.05, 4.69) is 150 Å². The molecule has 1 aromatic rings. The number of halogens is 2. The summed E-state index contributed by atoms with van der Waals surface area (Å²) < 4.78 is 2.09. The fourth-order valence-electron chi connectivity index (χ4n) is 5.96. The minimum absolute atomic E-state index is 0.628. The highest BCUT2D eigenvalue weighted by atomic mass is 79.9. The van der Waals surface area contributed by atoms with Crippen molar-refractivity contribution in [2.45, 2.75) is 116 Å². The van der Waals surface area contributed by atoms with E-state index in [1.807, 2.05) is 0 Å². The van der Waals surface area contributed by atoms with Crippen LogP contribution in [0.25, 0.3) is 0 Å². The van der Waals surface area contributed by atoms with Crippen molar-refractivity contribution in [2.24, 2.45) is 0 Å². The molecule has 0 saturated carbocycles. The molecule has 0 unspecified atom stereocenters. The van der Waals surface area contributed by atoms with Crippen molar-refractivity contribution < 1.29 is 0 Å². The van der Waals surface area contributed by atoms with Crippen molar-refractivity contribution >= 4 is 48.0 Å². The van der Waals surface area contributed by atoms with Crippen molar-refractivity contribution in [3.63, 3.8) is 0 Å². The Bertz CT molecular complexity index is 784. The summed E-state index contributed by atoms with van der Waals surface area (Å²) in [5, 5.41) is 0. The molecule has 1 aromatic carbocycles. The third-order valence-corrected chi connectivity index (χ3v) is 21.5. The maximum absolute atomic E-state index is 3.85. The van der Waals surface area contributed by atoms with Crippen LogP contribution in [-0.4, -0.2) is 16.1 Å². The van der Waals surface area contributed by atoms with E-state index >= 15 is 0 Å². The first kappa shape index (κ1) is 29.8. The predicted octanol–water partition coefficient (Wildman–Crippen LogP) is 10.4. The number of benzene rings is 1. The lowest BCUT2D eigenvalue weighted by Gasteiger charge is -2.38. The van der Waals surface area contributed by atoms with Crippen LogP contribution in [0.1, 0.15) is 94.2 Å². The number of rotatable bonds is 6. The minimum atomic E-state index is -1.76. The summed E-state index contributed by atoms with van der Waals surface area (Å²) in [5.74, 6) is 7.18. The van der Waals surface area contributed by atoms with Gasteiger partial charge < -0.3 is 0 Å². The molecule has 0 atom stereocenters. The summed E-state index contributed by atoms with van der Waals surface area (Å²) in [5.41, 5.74) is 13.6. The highest BCUT2D eigenvalue weighted by Crippen LogP contribution is 2.42. The maximum Gasteiger partial charge on any atom is 0.146 e. The van der Waals surface area contributed by atoms with Gasteiger partial charge >= 0.3 is 0 Å². The second kappa shape index (κ2) is 11.9. The highest BCUT2D eigenvalue weighted by Gasteiger charge is 2.42. The van der Waals surface area contributed by atoms with Crippen molar-refractivity contribution in [3.05, 3.63) is 32.2 Å². The standard InChI is InChI=1S/C28H44Br2Si2/c1-19(2)31(20(3)4,21(5)6)15-13-25-17-28(30)26(18-27(25)29)14-16-32(22(7)8,23(9)10)24(11)12/h17-24H,1-12H3. The van der Waals surface area contributed by atoms with E-state index in [1.165, 1.54) is 0 Å². The van der Waals surface area contributed by atoms with E-state index in [4.69, 9.17) is 0 Å². The Balaban J connectivity index is 3.55. The van der Waals surface area contributed by atoms with Crippen LogP contribution in [0.2, 0.25) is 33.2 Å². The first-order valence-corrected chi connectivity index (χ1v) is 18.2. The Hall–Kier alpha value is -0.266. The molecule has 0 radical (unpaired) electrons. The Morgan fingerprint density at radius 1 is 0.500 bits per heavy atom. The predicted molar refractivity (Wildman–Crippen MR) is 158 cm³/mol. The Morgan fingerprint density at radius 3 is 0.906 bits per heavy atom. The van der Waals surface area contributed by atoms with Crippen molar-refractivity contribution in [2.75, 3.05) is 0 Å². The van der Waals surface area contributed by atoms with Crippen LogP contribution in [0, 0.1) is 22.9 Å². The van der Waals surface area contributed by atoms with Crippen LogP contribution in [0.4, 0.5) is 0 Å². The number of hydrogen-bond acceptors (Lipinski definition) is 0. The molecule has 0 N–H and O–H groups in total. The van der Waals surface area contributed by atoms with Gasteiger partial charge in [-0.2, -0.15) is 0 Å².